The van der Waals surface area contributed by atoms with E-state index in [0.29, 0.717) is 18.7 Å². The number of hydrogen-bond acceptors (Lipinski definition) is 5. The van der Waals surface area contributed by atoms with Crippen molar-refractivity contribution in [2.45, 2.75) is 19.9 Å². The predicted molar refractivity (Wildman–Crippen MR) is 91.7 cm³/mol. The monoisotopic (exact) mass is 332 g/mol. The number of rotatable bonds is 8. The largest absolute Gasteiger partial charge is 0.462 e. The number of ether oxygens (including phenoxy) is 1. The fraction of sp³-hybridized carbons (Fsp3) is 0.294. The van der Waals surface area contributed by atoms with E-state index < -0.39 is 0 Å². The summed E-state index contributed by atoms with van der Waals surface area (Å²) in [5.74, 6) is -0.406. The van der Waals surface area contributed by atoms with Gasteiger partial charge >= 0.3 is 5.97 Å². The molecule has 2 rings (SSSR count). The zero-order chi connectivity index (χ0) is 16.5. The molecule has 0 spiro atoms. The standard InChI is InChI=1S/C17H20N2O3S/c1-2-9-22-17(21)13-5-7-14(8-6-13)18-12-16(20)19-11-15-4-3-10-23-15/h3-8,10,18H,2,9,11-12H2,1H3,(H,19,20). The summed E-state index contributed by atoms with van der Waals surface area (Å²) in [6.45, 7) is 3.10. The van der Waals surface area contributed by atoms with Crippen molar-refractivity contribution in [2.75, 3.05) is 18.5 Å². The van der Waals surface area contributed by atoms with Gasteiger partial charge in [-0.3, -0.25) is 4.79 Å². The third kappa shape index (κ3) is 5.75. The molecule has 1 amide bonds. The molecule has 1 heterocycles. The molecule has 6 heteroatoms. The van der Waals surface area contributed by atoms with Gasteiger partial charge in [0.1, 0.15) is 0 Å². The molecule has 5 nitrogen and oxygen atoms in total. The summed E-state index contributed by atoms with van der Waals surface area (Å²) in [6.07, 6.45) is 0.798. The molecular weight excluding hydrogens is 312 g/mol. The first-order chi connectivity index (χ1) is 11.2. The Morgan fingerprint density at radius 3 is 2.61 bits per heavy atom. The Bertz CT molecular complexity index is 624. The maximum absolute atomic E-state index is 11.8. The molecule has 1 aromatic heterocycles. The Morgan fingerprint density at radius 2 is 1.96 bits per heavy atom. The average molecular weight is 332 g/mol. The van der Waals surface area contributed by atoms with Crippen molar-refractivity contribution in [3.8, 4) is 0 Å². The molecule has 0 atom stereocenters. The van der Waals surface area contributed by atoms with Crippen molar-refractivity contribution in [3.05, 3.63) is 52.2 Å². The van der Waals surface area contributed by atoms with E-state index in [9.17, 15) is 9.59 Å². The van der Waals surface area contributed by atoms with Crippen LogP contribution < -0.4 is 10.6 Å². The maximum atomic E-state index is 11.8. The number of carbonyl (C=O) groups is 2. The van der Waals surface area contributed by atoms with Crippen LogP contribution in [0.25, 0.3) is 0 Å². The zero-order valence-electron chi connectivity index (χ0n) is 13.0. The first-order valence-electron chi connectivity index (χ1n) is 7.49. The van der Waals surface area contributed by atoms with Crippen LogP contribution in [0.2, 0.25) is 0 Å². The van der Waals surface area contributed by atoms with Gasteiger partial charge in [-0.1, -0.05) is 13.0 Å². The SMILES string of the molecule is CCCOC(=O)c1ccc(NCC(=O)NCc2cccs2)cc1. The Labute approximate surface area is 139 Å². The highest BCUT2D eigenvalue weighted by molar-refractivity contribution is 7.09. The van der Waals surface area contributed by atoms with E-state index in [1.807, 2.05) is 24.4 Å². The summed E-state index contributed by atoms with van der Waals surface area (Å²) in [4.78, 5) is 24.6. The summed E-state index contributed by atoms with van der Waals surface area (Å²) >= 11 is 1.61. The Hall–Kier alpha value is -2.34. The molecule has 2 aromatic rings. The van der Waals surface area contributed by atoms with Gasteiger partial charge in [-0.25, -0.2) is 4.79 Å². The fourth-order valence-corrected chi connectivity index (χ4v) is 2.49. The van der Waals surface area contributed by atoms with Crippen LogP contribution in [0.3, 0.4) is 0 Å². The number of amides is 1. The van der Waals surface area contributed by atoms with Gasteiger partial charge in [0.05, 0.1) is 25.3 Å². The Kier molecular flexibility index (Phi) is 6.62. The second kappa shape index (κ2) is 8.95. The highest BCUT2D eigenvalue weighted by Gasteiger charge is 2.07. The highest BCUT2D eigenvalue weighted by Crippen LogP contribution is 2.11. The molecule has 23 heavy (non-hydrogen) atoms. The minimum absolute atomic E-state index is 0.0789. The molecule has 122 valence electrons. The van der Waals surface area contributed by atoms with Gasteiger partial charge < -0.3 is 15.4 Å². The summed E-state index contributed by atoms with van der Waals surface area (Å²) in [7, 11) is 0. The summed E-state index contributed by atoms with van der Waals surface area (Å²) in [5.41, 5.74) is 1.29. The number of hydrogen-bond donors (Lipinski definition) is 2. The molecule has 0 bridgehead atoms. The third-order valence-electron chi connectivity index (χ3n) is 3.05. The first-order valence-corrected chi connectivity index (χ1v) is 8.37. The second-order valence-electron chi connectivity index (χ2n) is 4.92. The lowest BCUT2D eigenvalue weighted by molar-refractivity contribution is -0.119. The van der Waals surface area contributed by atoms with E-state index in [4.69, 9.17) is 4.74 Å². The van der Waals surface area contributed by atoms with E-state index in [0.717, 1.165) is 17.0 Å². The van der Waals surface area contributed by atoms with E-state index in [1.54, 1.807) is 35.6 Å². The van der Waals surface area contributed by atoms with Gasteiger partial charge in [-0.15, -0.1) is 11.3 Å². The molecule has 1 aromatic carbocycles. The van der Waals surface area contributed by atoms with Crippen LogP contribution in [-0.2, 0) is 16.1 Å². The van der Waals surface area contributed by atoms with E-state index >= 15 is 0 Å². The molecule has 0 aliphatic heterocycles. The van der Waals surface area contributed by atoms with Gasteiger partial charge in [0.2, 0.25) is 5.91 Å². The lowest BCUT2D eigenvalue weighted by atomic mass is 10.2. The second-order valence-corrected chi connectivity index (χ2v) is 5.96. The van der Waals surface area contributed by atoms with Crippen LogP contribution in [0.5, 0.6) is 0 Å². The van der Waals surface area contributed by atoms with E-state index in [-0.39, 0.29) is 18.4 Å². The number of benzene rings is 1. The lowest BCUT2D eigenvalue weighted by Crippen LogP contribution is -2.29. The number of carbonyl (C=O) groups excluding carboxylic acids is 2. The van der Waals surface area contributed by atoms with Gasteiger partial charge in [0.15, 0.2) is 0 Å². The van der Waals surface area contributed by atoms with Gasteiger partial charge in [-0.2, -0.15) is 0 Å². The van der Waals surface area contributed by atoms with E-state index in [1.165, 1.54) is 0 Å². The van der Waals surface area contributed by atoms with Crippen LogP contribution in [0.15, 0.2) is 41.8 Å². The molecule has 0 fully saturated rings. The van der Waals surface area contributed by atoms with Crippen molar-refractivity contribution in [2.24, 2.45) is 0 Å². The van der Waals surface area contributed by atoms with Crippen molar-refractivity contribution >= 4 is 28.9 Å². The van der Waals surface area contributed by atoms with Crippen molar-refractivity contribution in [1.82, 2.24) is 5.32 Å². The van der Waals surface area contributed by atoms with Crippen molar-refractivity contribution in [1.29, 1.82) is 0 Å². The minimum atomic E-state index is -0.327. The Balaban J connectivity index is 1.75. The molecule has 0 unspecified atom stereocenters. The van der Waals surface area contributed by atoms with Gasteiger partial charge in [-0.05, 0) is 42.1 Å². The third-order valence-corrected chi connectivity index (χ3v) is 3.93. The van der Waals surface area contributed by atoms with Crippen molar-refractivity contribution in [3.63, 3.8) is 0 Å². The molecule has 2 N–H and O–H groups in total. The maximum Gasteiger partial charge on any atom is 0.338 e. The summed E-state index contributed by atoms with van der Waals surface area (Å²) in [6, 6.07) is 10.8. The lowest BCUT2D eigenvalue weighted by Gasteiger charge is -2.08. The topological polar surface area (TPSA) is 67.4 Å². The summed E-state index contributed by atoms with van der Waals surface area (Å²) in [5, 5.41) is 7.85. The first kappa shape index (κ1) is 17.0. The highest BCUT2D eigenvalue weighted by atomic mass is 32.1. The average Bonchev–Trinajstić information content (AvgIpc) is 3.10. The smallest absolute Gasteiger partial charge is 0.338 e. The molecule has 0 radical (unpaired) electrons. The minimum Gasteiger partial charge on any atom is -0.462 e. The quantitative estimate of drug-likeness (QED) is 0.729. The van der Waals surface area contributed by atoms with Gasteiger partial charge in [0, 0.05) is 10.6 Å². The molecular formula is C17H20N2O3S. The normalized spacial score (nSPS) is 10.1. The van der Waals surface area contributed by atoms with Crippen LogP contribution in [-0.4, -0.2) is 25.0 Å². The number of esters is 1. The van der Waals surface area contributed by atoms with Crippen LogP contribution >= 0.6 is 11.3 Å². The molecule has 0 saturated carbocycles. The predicted octanol–water partition coefficient (Wildman–Crippen LogP) is 3.04. The molecule has 0 aliphatic rings. The number of thiophene rings is 1. The van der Waals surface area contributed by atoms with E-state index in [2.05, 4.69) is 10.6 Å². The van der Waals surface area contributed by atoms with Crippen LogP contribution in [0.4, 0.5) is 5.69 Å². The van der Waals surface area contributed by atoms with Crippen molar-refractivity contribution < 1.29 is 14.3 Å². The molecule has 0 saturated heterocycles. The number of anilines is 1. The fourth-order valence-electron chi connectivity index (χ4n) is 1.85. The zero-order valence-corrected chi connectivity index (χ0v) is 13.8. The van der Waals surface area contributed by atoms with Crippen LogP contribution in [0.1, 0.15) is 28.6 Å². The Morgan fingerprint density at radius 1 is 1.17 bits per heavy atom. The molecule has 0 aliphatic carbocycles. The van der Waals surface area contributed by atoms with Crippen LogP contribution in [0, 0.1) is 0 Å². The van der Waals surface area contributed by atoms with Gasteiger partial charge in [0.25, 0.3) is 0 Å². The summed E-state index contributed by atoms with van der Waals surface area (Å²) < 4.78 is 5.06. The number of nitrogens with one attached hydrogen (secondary N) is 2.